The molecule has 1 nitrogen and oxygen atoms in total. The van der Waals surface area contributed by atoms with E-state index in [1.54, 1.807) is 0 Å². The normalized spacial score (nSPS) is 13.4. The number of nitrogens with one attached hydrogen (secondary N) is 1. The maximum atomic E-state index is 13.4. The molecule has 1 aromatic rings. The fraction of sp³-hybridized carbons (Fsp3) is 0.625. The second kappa shape index (κ2) is 8.37. The lowest BCUT2D eigenvalue weighted by Crippen LogP contribution is -2.24. The third-order valence-corrected chi connectivity index (χ3v) is 3.49. The molecule has 1 rings (SSSR count). The summed E-state index contributed by atoms with van der Waals surface area (Å²) < 4.78 is 52.6. The molecule has 0 bridgehead atoms. The minimum atomic E-state index is -4.46. The average molecular weight is 305 g/mol. The molecule has 0 spiro atoms. The van der Waals surface area contributed by atoms with Gasteiger partial charge in [-0.3, -0.25) is 0 Å². The van der Waals surface area contributed by atoms with Crippen molar-refractivity contribution < 1.29 is 17.6 Å². The van der Waals surface area contributed by atoms with Crippen LogP contribution in [0.1, 0.15) is 63.1 Å². The Labute approximate surface area is 123 Å². The van der Waals surface area contributed by atoms with Crippen molar-refractivity contribution in [3.8, 4) is 0 Å². The molecule has 0 saturated carbocycles. The lowest BCUT2D eigenvalue weighted by Gasteiger charge is -2.22. The van der Waals surface area contributed by atoms with Gasteiger partial charge in [0.15, 0.2) is 0 Å². The highest BCUT2D eigenvalue weighted by molar-refractivity contribution is 5.33. The summed E-state index contributed by atoms with van der Waals surface area (Å²) in [6.45, 7) is 4.47. The molecular formula is C16H23F4N. The van der Waals surface area contributed by atoms with E-state index in [9.17, 15) is 17.6 Å². The first kappa shape index (κ1) is 18.0. The largest absolute Gasteiger partial charge is 0.416 e. The highest BCUT2D eigenvalue weighted by atomic mass is 19.4. The van der Waals surface area contributed by atoms with Gasteiger partial charge < -0.3 is 5.32 Å². The SMILES string of the molecule is CCCCCCC(NCC)c1cc(F)ccc1C(F)(F)F. The molecule has 1 aromatic carbocycles. The Morgan fingerprint density at radius 1 is 1.10 bits per heavy atom. The van der Waals surface area contributed by atoms with E-state index in [0.717, 1.165) is 43.9 Å². The van der Waals surface area contributed by atoms with E-state index in [-0.39, 0.29) is 5.56 Å². The van der Waals surface area contributed by atoms with Crippen LogP contribution in [0.3, 0.4) is 0 Å². The van der Waals surface area contributed by atoms with Gasteiger partial charge in [-0.15, -0.1) is 0 Å². The predicted molar refractivity (Wildman–Crippen MR) is 76.6 cm³/mol. The molecule has 0 amide bonds. The zero-order valence-corrected chi connectivity index (χ0v) is 12.6. The standard InChI is InChI=1S/C16H23F4N/c1-3-5-6-7-8-15(21-4-2)13-11-12(17)9-10-14(13)16(18,19)20/h9-11,15,21H,3-8H2,1-2H3. The molecule has 1 unspecified atom stereocenters. The van der Waals surface area contributed by atoms with Gasteiger partial charge in [-0.25, -0.2) is 4.39 Å². The van der Waals surface area contributed by atoms with E-state index < -0.39 is 23.6 Å². The van der Waals surface area contributed by atoms with Crippen LogP contribution in [0.15, 0.2) is 18.2 Å². The van der Waals surface area contributed by atoms with Gasteiger partial charge in [0.05, 0.1) is 5.56 Å². The molecule has 0 aromatic heterocycles. The van der Waals surface area contributed by atoms with E-state index in [4.69, 9.17) is 0 Å². The number of benzene rings is 1. The van der Waals surface area contributed by atoms with Gasteiger partial charge in [0.2, 0.25) is 0 Å². The van der Waals surface area contributed by atoms with Crippen LogP contribution < -0.4 is 5.32 Å². The van der Waals surface area contributed by atoms with Gasteiger partial charge in [0, 0.05) is 6.04 Å². The Morgan fingerprint density at radius 2 is 1.81 bits per heavy atom. The summed E-state index contributed by atoms with van der Waals surface area (Å²) in [4.78, 5) is 0. The topological polar surface area (TPSA) is 12.0 Å². The minimum Gasteiger partial charge on any atom is -0.310 e. The Balaban J connectivity index is 2.97. The molecule has 21 heavy (non-hydrogen) atoms. The van der Waals surface area contributed by atoms with Crippen LogP contribution in [0.5, 0.6) is 0 Å². The van der Waals surface area contributed by atoms with Crippen LogP contribution >= 0.6 is 0 Å². The second-order valence-corrected chi connectivity index (χ2v) is 5.19. The highest BCUT2D eigenvalue weighted by Crippen LogP contribution is 2.36. The van der Waals surface area contributed by atoms with Crippen molar-refractivity contribution in [2.24, 2.45) is 0 Å². The molecule has 0 radical (unpaired) electrons. The van der Waals surface area contributed by atoms with E-state index in [0.29, 0.717) is 13.0 Å². The van der Waals surface area contributed by atoms with Gasteiger partial charge in [-0.1, -0.05) is 39.5 Å². The van der Waals surface area contributed by atoms with Crippen molar-refractivity contribution >= 4 is 0 Å². The molecule has 0 aliphatic heterocycles. The molecule has 0 saturated heterocycles. The number of hydrogen-bond acceptors (Lipinski definition) is 1. The van der Waals surface area contributed by atoms with Gasteiger partial charge in [-0.05, 0) is 36.7 Å². The molecule has 120 valence electrons. The predicted octanol–water partition coefficient (Wildman–Crippen LogP) is 5.47. The number of halogens is 4. The van der Waals surface area contributed by atoms with Gasteiger partial charge in [0.25, 0.3) is 0 Å². The van der Waals surface area contributed by atoms with Crippen LogP contribution in [-0.2, 0) is 6.18 Å². The van der Waals surface area contributed by atoms with E-state index >= 15 is 0 Å². The second-order valence-electron chi connectivity index (χ2n) is 5.19. The maximum Gasteiger partial charge on any atom is 0.416 e. The molecule has 0 aliphatic rings. The van der Waals surface area contributed by atoms with Crippen LogP contribution in [0, 0.1) is 5.82 Å². The molecule has 1 N–H and O–H groups in total. The number of unbranched alkanes of at least 4 members (excludes halogenated alkanes) is 3. The first-order valence-electron chi connectivity index (χ1n) is 7.50. The molecular weight excluding hydrogens is 282 g/mol. The van der Waals surface area contributed by atoms with E-state index in [1.165, 1.54) is 0 Å². The Morgan fingerprint density at radius 3 is 2.38 bits per heavy atom. The average Bonchev–Trinajstić information content (AvgIpc) is 2.41. The van der Waals surface area contributed by atoms with Gasteiger partial charge in [-0.2, -0.15) is 13.2 Å². The summed E-state index contributed by atoms with van der Waals surface area (Å²) >= 11 is 0. The minimum absolute atomic E-state index is 0.0147. The Bertz CT molecular complexity index is 429. The van der Waals surface area contributed by atoms with Crippen molar-refractivity contribution in [2.45, 2.75) is 58.2 Å². The zero-order valence-electron chi connectivity index (χ0n) is 12.6. The molecule has 1 atom stereocenters. The van der Waals surface area contributed by atoms with Crippen LogP contribution in [0.2, 0.25) is 0 Å². The van der Waals surface area contributed by atoms with Crippen LogP contribution in [0.25, 0.3) is 0 Å². The summed E-state index contributed by atoms with van der Waals surface area (Å²) in [6, 6.07) is 2.25. The summed E-state index contributed by atoms with van der Waals surface area (Å²) in [5, 5.41) is 3.05. The number of alkyl halides is 3. The van der Waals surface area contributed by atoms with Gasteiger partial charge >= 0.3 is 6.18 Å². The molecule has 0 fully saturated rings. The maximum absolute atomic E-state index is 13.4. The molecule has 0 aliphatic carbocycles. The third kappa shape index (κ3) is 5.65. The van der Waals surface area contributed by atoms with Crippen LogP contribution in [0.4, 0.5) is 17.6 Å². The fourth-order valence-electron chi connectivity index (χ4n) is 2.47. The first-order chi connectivity index (χ1) is 9.90. The van der Waals surface area contributed by atoms with Crippen molar-refractivity contribution in [1.29, 1.82) is 0 Å². The lowest BCUT2D eigenvalue weighted by molar-refractivity contribution is -0.138. The summed E-state index contributed by atoms with van der Waals surface area (Å²) in [5.41, 5.74) is -0.730. The smallest absolute Gasteiger partial charge is 0.310 e. The summed E-state index contributed by atoms with van der Waals surface area (Å²) in [6.07, 6.45) is 0.0721. The van der Waals surface area contributed by atoms with Crippen LogP contribution in [-0.4, -0.2) is 6.54 Å². The quantitative estimate of drug-likeness (QED) is 0.496. The lowest BCUT2D eigenvalue weighted by atomic mass is 9.95. The molecule has 5 heteroatoms. The zero-order chi connectivity index (χ0) is 15.9. The fourth-order valence-corrected chi connectivity index (χ4v) is 2.47. The number of rotatable bonds is 8. The third-order valence-electron chi connectivity index (χ3n) is 3.49. The first-order valence-corrected chi connectivity index (χ1v) is 7.50. The Hall–Kier alpha value is -1.10. The number of hydrogen-bond donors (Lipinski definition) is 1. The van der Waals surface area contributed by atoms with Gasteiger partial charge in [0.1, 0.15) is 5.82 Å². The Kier molecular flexibility index (Phi) is 7.15. The van der Waals surface area contributed by atoms with E-state index in [2.05, 4.69) is 12.2 Å². The van der Waals surface area contributed by atoms with Crippen molar-refractivity contribution in [2.75, 3.05) is 6.54 Å². The van der Waals surface area contributed by atoms with Crippen molar-refractivity contribution in [1.82, 2.24) is 5.32 Å². The summed E-state index contributed by atoms with van der Waals surface area (Å²) in [7, 11) is 0. The molecule has 0 heterocycles. The van der Waals surface area contributed by atoms with Crippen molar-refractivity contribution in [3.63, 3.8) is 0 Å². The monoisotopic (exact) mass is 305 g/mol. The van der Waals surface area contributed by atoms with E-state index in [1.807, 2.05) is 6.92 Å². The summed E-state index contributed by atoms with van der Waals surface area (Å²) in [5.74, 6) is -0.630. The van der Waals surface area contributed by atoms with Crippen molar-refractivity contribution in [3.05, 3.63) is 35.1 Å². The highest BCUT2D eigenvalue weighted by Gasteiger charge is 2.35.